The lowest BCUT2D eigenvalue weighted by Gasteiger charge is -2.06. The van der Waals surface area contributed by atoms with Crippen molar-refractivity contribution in [1.29, 1.82) is 0 Å². The Hall–Kier alpha value is -2.32. The summed E-state index contributed by atoms with van der Waals surface area (Å²) in [6.45, 7) is 2.03. The van der Waals surface area contributed by atoms with Crippen LogP contribution in [0.2, 0.25) is 0 Å². The van der Waals surface area contributed by atoms with E-state index in [0.717, 1.165) is 10.4 Å². The first kappa shape index (κ1) is 18.5. The van der Waals surface area contributed by atoms with Gasteiger partial charge in [0.15, 0.2) is 5.13 Å². The molecule has 26 heavy (non-hydrogen) atoms. The van der Waals surface area contributed by atoms with Crippen LogP contribution in [0.5, 0.6) is 0 Å². The number of thioether (sulfide) groups is 1. The zero-order chi connectivity index (χ0) is 18.5. The van der Waals surface area contributed by atoms with Gasteiger partial charge in [-0.15, -0.1) is 11.3 Å². The average Bonchev–Trinajstić information content (AvgIpc) is 3.01. The van der Waals surface area contributed by atoms with E-state index < -0.39 is 11.7 Å². The number of carbonyl (C=O) groups is 1. The number of aromatic nitrogens is 2. The molecule has 1 N–H and O–H groups in total. The maximum Gasteiger partial charge on any atom is 0.290 e. The number of thiazole rings is 1. The van der Waals surface area contributed by atoms with Crippen LogP contribution in [-0.2, 0) is 6.42 Å². The number of rotatable bonds is 6. The Morgan fingerprint density at radius 3 is 2.88 bits per heavy atom. The molecule has 2 aromatic heterocycles. The molecule has 0 fully saturated rings. The van der Waals surface area contributed by atoms with Crippen molar-refractivity contribution in [2.45, 2.75) is 24.1 Å². The van der Waals surface area contributed by atoms with Gasteiger partial charge in [-0.05, 0) is 36.4 Å². The number of amides is 1. The van der Waals surface area contributed by atoms with Crippen molar-refractivity contribution in [1.82, 2.24) is 9.97 Å². The van der Waals surface area contributed by atoms with E-state index in [4.69, 9.17) is 0 Å². The highest BCUT2D eigenvalue weighted by atomic mass is 32.2. The Balaban J connectivity index is 1.70. The van der Waals surface area contributed by atoms with E-state index in [1.165, 1.54) is 35.2 Å². The van der Waals surface area contributed by atoms with Gasteiger partial charge < -0.3 is 0 Å². The number of nitrogens with one attached hydrogen (secondary N) is 1. The summed E-state index contributed by atoms with van der Waals surface area (Å²) in [7, 11) is 0. The molecule has 0 saturated carbocycles. The fourth-order valence-corrected chi connectivity index (χ4v) is 3.80. The summed E-state index contributed by atoms with van der Waals surface area (Å²) >= 11 is 1.61. The second-order valence-electron chi connectivity index (χ2n) is 5.49. The number of aryl methyl sites for hydroxylation is 1. The molecule has 0 atom stereocenters. The van der Waals surface area contributed by atoms with Crippen LogP contribution in [0, 0.1) is 6.92 Å². The molecule has 3 rings (SSSR count). The van der Waals surface area contributed by atoms with Gasteiger partial charge in [0.2, 0.25) is 0 Å². The molecule has 0 unspecified atom stereocenters. The molecule has 8 heteroatoms. The molecule has 0 aliphatic carbocycles. The monoisotopic (exact) mass is 391 g/mol. The van der Waals surface area contributed by atoms with Crippen LogP contribution in [-0.4, -0.2) is 21.6 Å². The number of hydrogen-bond acceptors (Lipinski definition) is 5. The highest BCUT2D eigenvalue weighted by molar-refractivity contribution is 7.99. The molecule has 0 bridgehead atoms. The van der Waals surface area contributed by atoms with E-state index in [1.807, 2.05) is 25.1 Å². The molecule has 3 aromatic rings. The number of halogens is 2. The SMILES string of the molecule is Cc1cccc(Cc2cnc(NC(=O)c3cccnc3SC(F)F)s2)c1. The second kappa shape index (κ2) is 8.37. The third-order valence-corrected chi connectivity index (χ3v) is 5.09. The van der Waals surface area contributed by atoms with E-state index in [0.29, 0.717) is 11.6 Å². The summed E-state index contributed by atoms with van der Waals surface area (Å²) in [5.41, 5.74) is 2.45. The number of pyridine rings is 1. The molecule has 0 spiro atoms. The van der Waals surface area contributed by atoms with Crippen LogP contribution in [0.3, 0.4) is 0 Å². The standard InChI is InChI=1S/C18H15F2N3OS2/c1-11-4-2-5-12(8-11)9-13-10-22-18(25-13)23-15(24)14-6-3-7-21-16(14)26-17(19)20/h2-8,10,17H,9H2,1H3,(H,22,23,24). The Kier molecular flexibility index (Phi) is 5.95. The topological polar surface area (TPSA) is 54.9 Å². The van der Waals surface area contributed by atoms with Gasteiger partial charge in [-0.3, -0.25) is 10.1 Å². The van der Waals surface area contributed by atoms with Gasteiger partial charge in [0, 0.05) is 23.7 Å². The molecule has 4 nitrogen and oxygen atoms in total. The Bertz CT molecular complexity index is 915. The molecule has 0 saturated heterocycles. The Labute approximate surface area is 157 Å². The summed E-state index contributed by atoms with van der Waals surface area (Å²) in [6.07, 6.45) is 3.81. The fraction of sp³-hybridized carbons (Fsp3) is 0.167. The molecule has 1 amide bonds. The van der Waals surface area contributed by atoms with E-state index in [9.17, 15) is 13.6 Å². The van der Waals surface area contributed by atoms with Gasteiger partial charge >= 0.3 is 0 Å². The largest absolute Gasteiger partial charge is 0.298 e. The number of benzene rings is 1. The van der Waals surface area contributed by atoms with Gasteiger partial charge in [0.25, 0.3) is 11.7 Å². The molecule has 134 valence electrons. The van der Waals surface area contributed by atoms with Gasteiger partial charge in [-0.2, -0.15) is 8.78 Å². The molecular formula is C18H15F2N3OS2. The third kappa shape index (κ3) is 4.86. The van der Waals surface area contributed by atoms with Crippen molar-refractivity contribution in [2.24, 2.45) is 0 Å². The smallest absolute Gasteiger partial charge is 0.290 e. The Morgan fingerprint density at radius 2 is 2.12 bits per heavy atom. The third-order valence-electron chi connectivity index (χ3n) is 3.45. The second-order valence-corrected chi connectivity index (χ2v) is 7.58. The maximum absolute atomic E-state index is 12.6. The van der Waals surface area contributed by atoms with E-state index in [1.54, 1.807) is 6.20 Å². The number of hydrogen-bond donors (Lipinski definition) is 1. The first-order chi connectivity index (χ1) is 12.5. The highest BCUT2D eigenvalue weighted by Gasteiger charge is 2.17. The number of nitrogens with zero attached hydrogens (tertiary/aromatic N) is 2. The summed E-state index contributed by atoms with van der Waals surface area (Å²) in [5, 5.41) is 3.08. The number of carbonyl (C=O) groups excluding carboxylic acids is 1. The minimum atomic E-state index is -2.64. The van der Waals surface area contributed by atoms with Crippen LogP contribution in [0.25, 0.3) is 0 Å². The van der Waals surface area contributed by atoms with E-state index >= 15 is 0 Å². The van der Waals surface area contributed by atoms with E-state index in [-0.39, 0.29) is 22.4 Å². The van der Waals surface area contributed by atoms with Crippen LogP contribution in [0.15, 0.2) is 53.8 Å². The lowest BCUT2D eigenvalue weighted by molar-refractivity contribution is 0.102. The summed E-state index contributed by atoms with van der Waals surface area (Å²) in [4.78, 5) is 21.4. The van der Waals surface area contributed by atoms with Crippen molar-refractivity contribution < 1.29 is 13.6 Å². The quantitative estimate of drug-likeness (QED) is 0.601. The van der Waals surface area contributed by atoms with Crippen LogP contribution < -0.4 is 5.32 Å². The first-order valence-corrected chi connectivity index (χ1v) is 9.42. The van der Waals surface area contributed by atoms with Gasteiger partial charge in [-0.1, -0.05) is 29.8 Å². The average molecular weight is 391 g/mol. The van der Waals surface area contributed by atoms with Gasteiger partial charge in [0.05, 0.1) is 5.56 Å². The molecule has 1 aromatic carbocycles. The lowest BCUT2D eigenvalue weighted by atomic mass is 10.1. The predicted molar refractivity (Wildman–Crippen MR) is 100 cm³/mol. The summed E-state index contributed by atoms with van der Waals surface area (Å²) < 4.78 is 25.2. The molecule has 0 radical (unpaired) electrons. The van der Waals surface area contributed by atoms with Crippen molar-refractivity contribution in [2.75, 3.05) is 5.32 Å². The highest BCUT2D eigenvalue weighted by Crippen LogP contribution is 2.27. The van der Waals surface area contributed by atoms with Gasteiger partial charge in [-0.25, -0.2) is 9.97 Å². The van der Waals surface area contributed by atoms with Crippen LogP contribution in [0.1, 0.15) is 26.4 Å². The predicted octanol–water partition coefficient (Wildman–Crippen LogP) is 5.00. The zero-order valence-electron chi connectivity index (χ0n) is 13.8. The van der Waals surface area contributed by atoms with E-state index in [2.05, 4.69) is 21.4 Å². The lowest BCUT2D eigenvalue weighted by Crippen LogP contribution is -2.13. The first-order valence-electron chi connectivity index (χ1n) is 7.72. The fourth-order valence-electron chi connectivity index (χ4n) is 2.38. The number of anilines is 1. The molecular weight excluding hydrogens is 376 g/mol. The molecule has 2 heterocycles. The van der Waals surface area contributed by atoms with Crippen molar-refractivity contribution in [3.05, 3.63) is 70.4 Å². The summed E-state index contributed by atoms with van der Waals surface area (Å²) in [5.74, 6) is -3.14. The Morgan fingerprint density at radius 1 is 1.27 bits per heavy atom. The van der Waals surface area contributed by atoms with Crippen LogP contribution in [0.4, 0.5) is 13.9 Å². The molecule has 0 aliphatic rings. The normalized spacial score (nSPS) is 10.9. The molecule has 0 aliphatic heterocycles. The maximum atomic E-state index is 12.6. The number of alkyl halides is 2. The zero-order valence-corrected chi connectivity index (χ0v) is 15.4. The minimum Gasteiger partial charge on any atom is -0.298 e. The van der Waals surface area contributed by atoms with Crippen molar-refractivity contribution in [3.63, 3.8) is 0 Å². The minimum absolute atomic E-state index is 0.00320. The van der Waals surface area contributed by atoms with Crippen LogP contribution >= 0.6 is 23.1 Å². The summed E-state index contributed by atoms with van der Waals surface area (Å²) in [6, 6.07) is 11.2. The van der Waals surface area contributed by atoms with Crippen molar-refractivity contribution >= 4 is 34.1 Å². The van der Waals surface area contributed by atoms with Crippen molar-refractivity contribution in [3.8, 4) is 0 Å². The van der Waals surface area contributed by atoms with Gasteiger partial charge in [0.1, 0.15) is 5.03 Å².